The van der Waals surface area contributed by atoms with Crippen LogP contribution in [0, 0.1) is 10.1 Å². The maximum absolute atomic E-state index is 12.7. The number of benzene rings is 1. The molecular formula is C16H16N4O6. The molecule has 10 heteroatoms. The van der Waals surface area contributed by atoms with Crippen LogP contribution in [0.2, 0.25) is 0 Å². The number of nitrogens with zero attached hydrogens (tertiary/aromatic N) is 4. The van der Waals surface area contributed by atoms with E-state index in [1.807, 2.05) is 0 Å². The van der Waals surface area contributed by atoms with Crippen LogP contribution in [0.25, 0.3) is 5.69 Å². The minimum absolute atomic E-state index is 0.0837. The first kappa shape index (κ1) is 17.5. The molecule has 0 saturated carbocycles. The van der Waals surface area contributed by atoms with Crippen LogP contribution in [0.1, 0.15) is 16.9 Å². The fourth-order valence-corrected chi connectivity index (χ4v) is 2.82. The highest BCUT2D eigenvalue weighted by Crippen LogP contribution is 2.22. The lowest BCUT2D eigenvalue weighted by molar-refractivity contribution is -0.384. The van der Waals surface area contributed by atoms with Crippen LogP contribution in [0.4, 0.5) is 5.69 Å². The second-order valence-electron chi connectivity index (χ2n) is 5.72. The first-order chi connectivity index (χ1) is 12.5. The van der Waals surface area contributed by atoms with Gasteiger partial charge in [-0.2, -0.15) is 5.10 Å². The summed E-state index contributed by atoms with van der Waals surface area (Å²) in [5, 5.41) is 24.3. The third kappa shape index (κ3) is 3.54. The Labute approximate surface area is 147 Å². The Morgan fingerprint density at radius 2 is 2.12 bits per heavy atom. The van der Waals surface area contributed by atoms with Crippen molar-refractivity contribution in [1.29, 1.82) is 0 Å². The minimum atomic E-state index is -1.02. The molecule has 10 nitrogen and oxygen atoms in total. The summed E-state index contributed by atoms with van der Waals surface area (Å²) in [6, 6.07) is 6.93. The minimum Gasteiger partial charge on any atom is -0.481 e. The molecule has 1 N–H and O–H groups in total. The molecule has 1 unspecified atom stereocenters. The third-order valence-electron chi connectivity index (χ3n) is 4.03. The van der Waals surface area contributed by atoms with Crippen LogP contribution in [-0.2, 0) is 9.53 Å². The van der Waals surface area contributed by atoms with Crippen LogP contribution in [0.15, 0.2) is 36.5 Å². The molecule has 1 saturated heterocycles. The lowest BCUT2D eigenvalue weighted by Gasteiger charge is -2.34. The maximum atomic E-state index is 12.7. The molecule has 0 aliphatic carbocycles. The first-order valence-corrected chi connectivity index (χ1v) is 7.87. The Kier molecular flexibility index (Phi) is 4.94. The van der Waals surface area contributed by atoms with Crippen LogP contribution in [0.5, 0.6) is 0 Å². The van der Waals surface area contributed by atoms with E-state index in [9.17, 15) is 19.7 Å². The number of aromatic nitrogens is 2. The second-order valence-corrected chi connectivity index (χ2v) is 5.72. The summed E-state index contributed by atoms with van der Waals surface area (Å²) >= 11 is 0. The Bertz CT molecular complexity index is 849. The number of aliphatic carboxylic acids is 1. The first-order valence-electron chi connectivity index (χ1n) is 7.87. The molecule has 26 heavy (non-hydrogen) atoms. The molecule has 2 aromatic rings. The molecule has 1 aliphatic heterocycles. The number of carbonyl (C=O) groups excluding carboxylic acids is 1. The van der Waals surface area contributed by atoms with Crippen LogP contribution in [0.3, 0.4) is 0 Å². The quantitative estimate of drug-likeness (QED) is 0.624. The molecule has 136 valence electrons. The van der Waals surface area contributed by atoms with Crippen molar-refractivity contribution < 1.29 is 24.4 Å². The van der Waals surface area contributed by atoms with Crippen LogP contribution >= 0.6 is 0 Å². The molecule has 1 fully saturated rings. The van der Waals surface area contributed by atoms with Gasteiger partial charge in [0.25, 0.3) is 11.6 Å². The lowest BCUT2D eigenvalue weighted by Crippen LogP contribution is -2.49. The van der Waals surface area contributed by atoms with E-state index in [0.29, 0.717) is 6.61 Å². The lowest BCUT2D eigenvalue weighted by atomic mass is 10.1. The van der Waals surface area contributed by atoms with Gasteiger partial charge in [-0.3, -0.25) is 19.7 Å². The number of rotatable bonds is 5. The summed E-state index contributed by atoms with van der Waals surface area (Å²) < 4.78 is 6.52. The van der Waals surface area contributed by atoms with Crippen molar-refractivity contribution in [2.45, 2.75) is 12.5 Å². The molecule has 1 aromatic heterocycles. The predicted molar refractivity (Wildman–Crippen MR) is 88.1 cm³/mol. The van der Waals surface area contributed by atoms with E-state index in [1.54, 1.807) is 12.1 Å². The standard InChI is InChI=1S/C16H16N4O6/c21-15(22)9-11-10-26-8-7-18(11)16(23)12-5-6-19(17-12)13-3-1-2-4-14(13)20(24)25/h1-6,11H,7-10H2,(H,21,22). The molecule has 1 amide bonds. The third-order valence-corrected chi connectivity index (χ3v) is 4.03. The molecular weight excluding hydrogens is 344 g/mol. The van der Waals surface area contributed by atoms with E-state index in [4.69, 9.17) is 9.84 Å². The number of carboxylic acid groups (broad SMARTS) is 1. The van der Waals surface area contributed by atoms with Gasteiger partial charge in [0.15, 0.2) is 5.69 Å². The van der Waals surface area contributed by atoms with Gasteiger partial charge < -0.3 is 14.7 Å². The number of hydrogen-bond donors (Lipinski definition) is 1. The van der Waals surface area contributed by atoms with Gasteiger partial charge in [0.05, 0.1) is 30.6 Å². The summed E-state index contributed by atoms with van der Waals surface area (Å²) in [5.41, 5.74) is 0.186. The zero-order chi connectivity index (χ0) is 18.7. The number of hydrogen-bond acceptors (Lipinski definition) is 6. The number of ether oxygens (including phenoxy) is 1. The molecule has 1 aromatic carbocycles. The monoisotopic (exact) mass is 360 g/mol. The summed E-state index contributed by atoms with van der Waals surface area (Å²) in [7, 11) is 0. The molecule has 1 aliphatic rings. The van der Waals surface area contributed by atoms with Crippen molar-refractivity contribution in [1.82, 2.24) is 14.7 Å². The number of carboxylic acids is 1. The van der Waals surface area contributed by atoms with Crippen molar-refractivity contribution in [3.05, 3.63) is 52.3 Å². The predicted octanol–water partition coefficient (Wildman–Crippen LogP) is 1.10. The fraction of sp³-hybridized carbons (Fsp3) is 0.312. The SMILES string of the molecule is O=C(O)CC1COCCN1C(=O)c1ccn(-c2ccccc2[N+](=O)[O-])n1. The van der Waals surface area contributed by atoms with Crippen molar-refractivity contribution in [3.63, 3.8) is 0 Å². The summed E-state index contributed by atoms with van der Waals surface area (Å²) in [6.45, 7) is 0.713. The van der Waals surface area contributed by atoms with E-state index in [2.05, 4.69) is 5.10 Å². The van der Waals surface area contributed by atoms with E-state index in [1.165, 1.54) is 34.0 Å². The summed E-state index contributed by atoms with van der Waals surface area (Å²) in [6.07, 6.45) is 1.23. The number of nitro groups is 1. The molecule has 1 atom stereocenters. The molecule has 0 radical (unpaired) electrons. The van der Waals surface area contributed by atoms with Gasteiger partial charge in [-0.25, -0.2) is 4.68 Å². The van der Waals surface area contributed by atoms with E-state index in [0.717, 1.165) is 0 Å². The van der Waals surface area contributed by atoms with Gasteiger partial charge in [0.1, 0.15) is 5.69 Å². The van der Waals surface area contributed by atoms with Crippen molar-refractivity contribution in [2.75, 3.05) is 19.8 Å². The highest BCUT2D eigenvalue weighted by molar-refractivity contribution is 5.93. The van der Waals surface area contributed by atoms with Crippen LogP contribution < -0.4 is 0 Å². The van der Waals surface area contributed by atoms with Crippen molar-refractivity contribution in [2.24, 2.45) is 0 Å². The van der Waals surface area contributed by atoms with Gasteiger partial charge in [0, 0.05) is 18.8 Å². The van der Waals surface area contributed by atoms with Gasteiger partial charge in [-0.1, -0.05) is 12.1 Å². The number of nitro benzene ring substituents is 1. The number of para-hydroxylation sites is 2. The Hall–Kier alpha value is -3.27. The number of carbonyl (C=O) groups is 2. The largest absolute Gasteiger partial charge is 0.481 e. The molecule has 0 bridgehead atoms. The zero-order valence-electron chi connectivity index (χ0n) is 13.6. The van der Waals surface area contributed by atoms with Crippen LogP contribution in [-0.4, -0.2) is 62.4 Å². The average molecular weight is 360 g/mol. The fourth-order valence-electron chi connectivity index (χ4n) is 2.82. The van der Waals surface area contributed by atoms with E-state index < -0.39 is 22.8 Å². The second kappa shape index (κ2) is 7.31. The highest BCUT2D eigenvalue weighted by Gasteiger charge is 2.31. The Balaban J connectivity index is 1.86. The highest BCUT2D eigenvalue weighted by atomic mass is 16.6. The smallest absolute Gasteiger partial charge is 0.305 e. The van der Waals surface area contributed by atoms with Gasteiger partial charge >= 0.3 is 5.97 Å². The molecule has 0 spiro atoms. The zero-order valence-corrected chi connectivity index (χ0v) is 13.6. The molecule has 3 rings (SSSR count). The van der Waals surface area contributed by atoms with E-state index >= 15 is 0 Å². The Morgan fingerprint density at radius 1 is 1.35 bits per heavy atom. The van der Waals surface area contributed by atoms with Gasteiger partial charge in [-0.05, 0) is 12.1 Å². The Morgan fingerprint density at radius 3 is 2.85 bits per heavy atom. The maximum Gasteiger partial charge on any atom is 0.305 e. The van der Waals surface area contributed by atoms with Gasteiger partial charge in [0.2, 0.25) is 0 Å². The summed E-state index contributed by atoms with van der Waals surface area (Å²) in [4.78, 5) is 35.8. The number of amides is 1. The van der Waals surface area contributed by atoms with Crippen molar-refractivity contribution >= 4 is 17.6 Å². The topological polar surface area (TPSA) is 128 Å². The average Bonchev–Trinajstić information content (AvgIpc) is 3.11. The number of morpholine rings is 1. The van der Waals surface area contributed by atoms with E-state index in [-0.39, 0.29) is 36.6 Å². The van der Waals surface area contributed by atoms with Gasteiger partial charge in [-0.15, -0.1) is 0 Å². The van der Waals surface area contributed by atoms with Crippen molar-refractivity contribution in [3.8, 4) is 5.69 Å². The summed E-state index contributed by atoms with van der Waals surface area (Å²) in [5.74, 6) is -1.46. The molecule has 2 heterocycles. The normalized spacial score (nSPS) is 17.1.